The normalized spacial score (nSPS) is 27.9. The Kier molecular flexibility index (Phi) is 3.42. The predicted molar refractivity (Wildman–Crippen MR) is 66.5 cm³/mol. The van der Waals surface area contributed by atoms with Gasteiger partial charge in [0.05, 0.1) is 12.3 Å². The SMILES string of the molecule is CC1CC(C#N)(C(=O)NC(C)Cc2ccco2)C1. The van der Waals surface area contributed by atoms with Crippen LogP contribution in [0.2, 0.25) is 0 Å². The molecule has 1 heterocycles. The molecular weight excluding hydrogens is 228 g/mol. The van der Waals surface area contributed by atoms with Gasteiger partial charge in [-0.15, -0.1) is 0 Å². The number of hydrogen-bond donors (Lipinski definition) is 1. The number of nitrogens with one attached hydrogen (secondary N) is 1. The van der Waals surface area contributed by atoms with E-state index in [-0.39, 0.29) is 11.9 Å². The second-order valence-corrected chi connectivity index (χ2v) is 5.37. The van der Waals surface area contributed by atoms with Gasteiger partial charge in [0, 0.05) is 12.5 Å². The lowest BCUT2D eigenvalue weighted by atomic mass is 9.63. The van der Waals surface area contributed by atoms with E-state index in [1.165, 1.54) is 0 Å². The van der Waals surface area contributed by atoms with E-state index in [0.717, 1.165) is 5.76 Å². The Hall–Kier alpha value is -1.76. The summed E-state index contributed by atoms with van der Waals surface area (Å²) in [6.45, 7) is 3.99. The van der Waals surface area contributed by atoms with E-state index in [4.69, 9.17) is 9.68 Å². The van der Waals surface area contributed by atoms with Crippen molar-refractivity contribution in [3.8, 4) is 6.07 Å². The minimum atomic E-state index is -0.795. The van der Waals surface area contributed by atoms with Crippen molar-refractivity contribution in [2.45, 2.75) is 39.2 Å². The van der Waals surface area contributed by atoms with Gasteiger partial charge in [-0.1, -0.05) is 6.92 Å². The standard InChI is InChI=1S/C14H18N2O2/c1-10-7-14(8-10,9-15)13(17)16-11(2)6-12-4-3-5-18-12/h3-5,10-11H,6-8H2,1-2H3,(H,16,17). The predicted octanol–water partition coefficient (Wildman–Crippen LogP) is 2.27. The molecule has 0 spiro atoms. The number of nitriles is 1. The highest BCUT2D eigenvalue weighted by Gasteiger charge is 2.49. The first-order valence-corrected chi connectivity index (χ1v) is 6.30. The molecule has 0 radical (unpaired) electrons. The monoisotopic (exact) mass is 246 g/mol. The van der Waals surface area contributed by atoms with Crippen LogP contribution in [0.3, 0.4) is 0 Å². The van der Waals surface area contributed by atoms with Gasteiger partial charge in [0.15, 0.2) is 0 Å². The largest absolute Gasteiger partial charge is 0.469 e. The maximum atomic E-state index is 12.1. The van der Waals surface area contributed by atoms with Gasteiger partial charge >= 0.3 is 0 Å². The number of carbonyl (C=O) groups excluding carboxylic acids is 1. The van der Waals surface area contributed by atoms with Gasteiger partial charge in [0.2, 0.25) is 5.91 Å². The van der Waals surface area contributed by atoms with E-state index in [1.54, 1.807) is 6.26 Å². The van der Waals surface area contributed by atoms with Crippen molar-refractivity contribution in [1.82, 2.24) is 5.32 Å². The van der Waals surface area contributed by atoms with Crippen molar-refractivity contribution in [3.63, 3.8) is 0 Å². The lowest BCUT2D eigenvalue weighted by Gasteiger charge is -2.39. The Balaban J connectivity index is 1.89. The highest BCUT2D eigenvalue weighted by Crippen LogP contribution is 2.45. The zero-order chi connectivity index (χ0) is 13.2. The highest BCUT2D eigenvalue weighted by atomic mass is 16.3. The molecule has 4 heteroatoms. The summed E-state index contributed by atoms with van der Waals surface area (Å²) < 4.78 is 5.24. The van der Waals surface area contributed by atoms with E-state index in [0.29, 0.717) is 25.2 Å². The number of rotatable bonds is 4. The number of amides is 1. The first kappa shape index (κ1) is 12.7. The Morgan fingerprint density at radius 2 is 2.44 bits per heavy atom. The van der Waals surface area contributed by atoms with Crippen LogP contribution in [-0.2, 0) is 11.2 Å². The summed E-state index contributed by atoms with van der Waals surface area (Å²) in [7, 11) is 0. The minimum absolute atomic E-state index is 0.0234. The third kappa shape index (κ3) is 2.40. The van der Waals surface area contributed by atoms with Gasteiger partial charge in [-0.3, -0.25) is 4.79 Å². The second-order valence-electron chi connectivity index (χ2n) is 5.37. The Bertz CT molecular complexity index is 453. The maximum Gasteiger partial charge on any atom is 0.240 e. The minimum Gasteiger partial charge on any atom is -0.469 e. The van der Waals surface area contributed by atoms with Crippen molar-refractivity contribution < 1.29 is 9.21 Å². The average molecular weight is 246 g/mol. The van der Waals surface area contributed by atoms with Gasteiger partial charge in [-0.2, -0.15) is 5.26 Å². The zero-order valence-electron chi connectivity index (χ0n) is 10.8. The van der Waals surface area contributed by atoms with Crippen molar-refractivity contribution in [2.24, 2.45) is 11.3 Å². The molecule has 0 aliphatic heterocycles. The summed E-state index contributed by atoms with van der Waals surface area (Å²) in [5, 5.41) is 12.1. The van der Waals surface area contributed by atoms with Crippen molar-refractivity contribution >= 4 is 5.91 Å². The van der Waals surface area contributed by atoms with Gasteiger partial charge in [0.25, 0.3) is 0 Å². The summed E-state index contributed by atoms with van der Waals surface area (Å²) in [5.74, 6) is 1.17. The van der Waals surface area contributed by atoms with Crippen LogP contribution in [-0.4, -0.2) is 11.9 Å². The summed E-state index contributed by atoms with van der Waals surface area (Å²) in [6, 6.07) is 5.86. The van der Waals surface area contributed by atoms with E-state index in [2.05, 4.69) is 18.3 Å². The molecule has 1 amide bonds. The van der Waals surface area contributed by atoms with E-state index < -0.39 is 5.41 Å². The van der Waals surface area contributed by atoms with Crippen LogP contribution >= 0.6 is 0 Å². The number of hydrogen-bond acceptors (Lipinski definition) is 3. The van der Waals surface area contributed by atoms with Crippen LogP contribution in [0.25, 0.3) is 0 Å². The smallest absolute Gasteiger partial charge is 0.240 e. The van der Waals surface area contributed by atoms with Crippen LogP contribution in [0.5, 0.6) is 0 Å². The molecule has 1 fully saturated rings. The van der Waals surface area contributed by atoms with Crippen LogP contribution in [0.4, 0.5) is 0 Å². The molecule has 1 aliphatic rings. The van der Waals surface area contributed by atoms with Crippen LogP contribution in [0.1, 0.15) is 32.4 Å². The fourth-order valence-electron chi connectivity index (χ4n) is 2.60. The highest BCUT2D eigenvalue weighted by molar-refractivity contribution is 5.86. The van der Waals surface area contributed by atoms with Crippen LogP contribution < -0.4 is 5.32 Å². The quantitative estimate of drug-likeness (QED) is 0.886. The lowest BCUT2D eigenvalue weighted by molar-refractivity contribution is -0.134. The Labute approximate surface area is 107 Å². The fourth-order valence-corrected chi connectivity index (χ4v) is 2.60. The van der Waals surface area contributed by atoms with E-state index in [9.17, 15) is 4.79 Å². The Morgan fingerprint density at radius 1 is 1.72 bits per heavy atom. The van der Waals surface area contributed by atoms with Gasteiger partial charge in [-0.25, -0.2) is 0 Å². The average Bonchev–Trinajstić information content (AvgIpc) is 2.76. The van der Waals surface area contributed by atoms with Gasteiger partial charge in [0.1, 0.15) is 11.2 Å². The molecule has 1 N–H and O–H groups in total. The maximum absolute atomic E-state index is 12.1. The Morgan fingerprint density at radius 3 is 2.94 bits per heavy atom. The van der Waals surface area contributed by atoms with Crippen molar-refractivity contribution in [3.05, 3.63) is 24.2 Å². The van der Waals surface area contributed by atoms with Crippen molar-refractivity contribution in [2.75, 3.05) is 0 Å². The second kappa shape index (κ2) is 4.85. The molecule has 1 atom stereocenters. The molecule has 0 bridgehead atoms. The molecule has 96 valence electrons. The lowest BCUT2D eigenvalue weighted by Crippen LogP contribution is -2.50. The molecule has 1 unspecified atom stereocenters. The molecule has 1 aromatic heterocycles. The molecule has 18 heavy (non-hydrogen) atoms. The number of carbonyl (C=O) groups is 1. The summed E-state index contributed by atoms with van der Waals surface area (Å²) >= 11 is 0. The summed E-state index contributed by atoms with van der Waals surface area (Å²) in [4.78, 5) is 12.1. The summed E-state index contributed by atoms with van der Waals surface area (Å²) in [5.41, 5.74) is -0.795. The molecule has 2 rings (SSSR count). The fraction of sp³-hybridized carbons (Fsp3) is 0.571. The first-order chi connectivity index (χ1) is 8.55. The van der Waals surface area contributed by atoms with Gasteiger partial charge in [-0.05, 0) is 37.8 Å². The third-order valence-corrected chi connectivity index (χ3v) is 3.51. The zero-order valence-corrected chi connectivity index (χ0v) is 10.8. The molecule has 1 saturated carbocycles. The van der Waals surface area contributed by atoms with Gasteiger partial charge < -0.3 is 9.73 Å². The first-order valence-electron chi connectivity index (χ1n) is 6.30. The molecule has 4 nitrogen and oxygen atoms in total. The molecule has 1 aliphatic carbocycles. The molecule has 0 saturated heterocycles. The third-order valence-electron chi connectivity index (χ3n) is 3.51. The van der Waals surface area contributed by atoms with E-state index in [1.807, 2.05) is 19.1 Å². The molecular formula is C14H18N2O2. The topological polar surface area (TPSA) is 66.0 Å². The number of nitrogens with zero attached hydrogens (tertiary/aromatic N) is 1. The van der Waals surface area contributed by atoms with Crippen LogP contribution in [0.15, 0.2) is 22.8 Å². The number of furan rings is 1. The summed E-state index contributed by atoms with van der Waals surface area (Å²) in [6.07, 6.45) is 3.61. The van der Waals surface area contributed by atoms with Crippen LogP contribution in [0, 0.1) is 22.7 Å². The van der Waals surface area contributed by atoms with E-state index >= 15 is 0 Å². The molecule has 0 aromatic carbocycles. The molecule has 1 aromatic rings. The van der Waals surface area contributed by atoms with Crippen molar-refractivity contribution in [1.29, 1.82) is 5.26 Å².